The number of nitrogens with one attached hydrogen (secondary N) is 1. The second-order valence-electron chi connectivity index (χ2n) is 3.87. The van der Waals surface area contributed by atoms with Crippen LogP contribution in [0.3, 0.4) is 0 Å². The number of ether oxygens (including phenoxy) is 1. The summed E-state index contributed by atoms with van der Waals surface area (Å²) < 4.78 is 18.9. The van der Waals surface area contributed by atoms with E-state index in [2.05, 4.69) is 21.2 Å². The van der Waals surface area contributed by atoms with Crippen LogP contribution in [0.5, 0.6) is 0 Å². The van der Waals surface area contributed by atoms with Crippen LogP contribution in [0.2, 0.25) is 0 Å². The minimum Gasteiger partial charge on any atom is -0.384 e. The summed E-state index contributed by atoms with van der Waals surface area (Å²) in [6.07, 6.45) is 0. The van der Waals surface area contributed by atoms with Gasteiger partial charge in [0, 0.05) is 18.1 Å². The smallest absolute Gasteiger partial charge is 0.255 e. The predicted molar refractivity (Wildman–Crippen MR) is 67.5 cm³/mol. The number of methoxy groups -OCH3 is 1. The average Bonchev–Trinajstić information content (AvgIpc) is 2.26. The lowest BCUT2D eigenvalue weighted by atomic mass is 10.1. The fraction of sp³-hybridized carbons (Fsp3) is 0.417. The molecule has 17 heavy (non-hydrogen) atoms. The van der Waals surface area contributed by atoms with Gasteiger partial charge < -0.3 is 10.1 Å². The number of hydrogen-bond acceptors (Lipinski definition) is 2. The standard InChI is InChI=1S/C12H15BrFNO2/c1-8(7-17-2)6-15-12(16)11-9(13)4-3-5-10(11)14/h3-5,8H,6-7H2,1-2H3,(H,15,16). The first-order valence-electron chi connectivity index (χ1n) is 5.27. The van der Waals surface area contributed by atoms with Crippen LogP contribution in [-0.2, 0) is 4.74 Å². The lowest BCUT2D eigenvalue weighted by Gasteiger charge is -2.12. The van der Waals surface area contributed by atoms with Crippen LogP contribution >= 0.6 is 15.9 Å². The molecule has 0 heterocycles. The molecule has 1 rings (SSSR count). The van der Waals surface area contributed by atoms with Gasteiger partial charge in [-0.1, -0.05) is 13.0 Å². The van der Waals surface area contributed by atoms with E-state index in [1.165, 1.54) is 6.07 Å². The van der Waals surface area contributed by atoms with Crippen LogP contribution in [-0.4, -0.2) is 26.2 Å². The fourth-order valence-electron chi connectivity index (χ4n) is 1.41. The molecule has 3 nitrogen and oxygen atoms in total. The Labute approximate surface area is 108 Å². The molecule has 0 bridgehead atoms. The molecule has 0 aliphatic carbocycles. The summed E-state index contributed by atoms with van der Waals surface area (Å²) in [6, 6.07) is 4.44. The molecule has 0 fully saturated rings. The molecule has 1 aromatic rings. The van der Waals surface area contributed by atoms with Crippen LogP contribution < -0.4 is 5.32 Å². The van der Waals surface area contributed by atoms with Crippen LogP contribution in [0.1, 0.15) is 17.3 Å². The number of amides is 1. The van der Waals surface area contributed by atoms with Gasteiger partial charge in [-0.3, -0.25) is 4.79 Å². The zero-order chi connectivity index (χ0) is 12.8. The Bertz CT molecular complexity index is 378. The van der Waals surface area contributed by atoms with Crippen molar-refractivity contribution in [1.29, 1.82) is 0 Å². The van der Waals surface area contributed by atoms with E-state index < -0.39 is 11.7 Å². The third kappa shape index (κ3) is 4.09. The molecule has 0 aromatic heterocycles. The van der Waals surface area contributed by atoms with E-state index in [0.29, 0.717) is 17.6 Å². The summed E-state index contributed by atoms with van der Waals surface area (Å²) in [7, 11) is 1.60. The third-order valence-electron chi connectivity index (χ3n) is 2.25. The first-order valence-corrected chi connectivity index (χ1v) is 6.06. The summed E-state index contributed by atoms with van der Waals surface area (Å²) in [4.78, 5) is 11.8. The Balaban J connectivity index is 2.64. The van der Waals surface area contributed by atoms with Crippen molar-refractivity contribution in [3.63, 3.8) is 0 Å². The average molecular weight is 304 g/mol. The molecule has 1 amide bonds. The van der Waals surface area contributed by atoms with Gasteiger partial charge >= 0.3 is 0 Å². The van der Waals surface area contributed by atoms with Gasteiger partial charge in [-0.25, -0.2) is 4.39 Å². The highest BCUT2D eigenvalue weighted by atomic mass is 79.9. The van der Waals surface area contributed by atoms with Crippen molar-refractivity contribution in [2.24, 2.45) is 5.92 Å². The van der Waals surface area contributed by atoms with E-state index >= 15 is 0 Å². The first-order chi connectivity index (χ1) is 8.06. The summed E-state index contributed by atoms with van der Waals surface area (Å²) in [6.45, 7) is 2.95. The van der Waals surface area contributed by atoms with Gasteiger partial charge in [0.25, 0.3) is 5.91 Å². The maximum absolute atomic E-state index is 13.5. The highest BCUT2D eigenvalue weighted by molar-refractivity contribution is 9.10. The number of benzene rings is 1. The third-order valence-corrected chi connectivity index (χ3v) is 2.91. The van der Waals surface area contributed by atoms with Gasteiger partial charge in [0.1, 0.15) is 5.82 Å². The minimum atomic E-state index is -0.531. The lowest BCUT2D eigenvalue weighted by molar-refractivity contribution is 0.0929. The Morgan fingerprint density at radius 2 is 2.29 bits per heavy atom. The van der Waals surface area contributed by atoms with Gasteiger partial charge in [0.15, 0.2) is 0 Å². The normalized spacial score (nSPS) is 12.2. The van der Waals surface area contributed by atoms with Crippen molar-refractivity contribution >= 4 is 21.8 Å². The fourth-order valence-corrected chi connectivity index (χ4v) is 1.94. The highest BCUT2D eigenvalue weighted by Crippen LogP contribution is 2.19. The number of carbonyl (C=O) groups is 1. The Kier molecular flexibility index (Phi) is 5.58. The molecular formula is C12H15BrFNO2. The molecule has 0 aliphatic rings. The molecule has 1 atom stereocenters. The summed E-state index contributed by atoms with van der Waals surface area (Å²) in [5, 5.41) is 2.68. The van der Waals surface area contributed by atoms with Crippen molar-refractivity contribution in [3.05, 3.63) is 34.1 Å². The number of hydrogen-bond donors (Lipinski definition) is 1. The van der Waals surface area contributed by atoms with Gasteiger partial charge in [-0.05, 0) is 34.0 Å². The lowest BCUT2D eigenvalue weighted by Crippen LogP contribution is -2.30. The SMILES string of the molecule is COCC(C)CNC(=O)c1c(F)cccc1Br. The van der Waals surface area contributed by atoms with Gasteiger partial charge in [-0.2, -0.15) is 0 Å². The van der Waals surface area contributed by atoms with Crippen molar-refractivity contribution in [2.45, 2.75) is 6.92 Å². The van der Waals surface area contributed by atoms with E-state index in [1.54, 1.807) is 19.2 Å². The first kappa shape index (κ1) is 14.1. The van der Waals surface area contributed by atoms with Crippen molar-refractivity contribution in [3.8, 4) is 0 Å². The Hall–Kier alpha value is -0.940. The van der Waals surface area contributed by atoms with Crippen LogP contribution in [0.25, 0.3) is 0 Å². The maximum Gasteiger partial charge on any atom is 0.255 e. The molecule has 1 aromatic carbocycles. The minimum absolute atomic E-state index is 0.0390. The predicted octanol–water partition coefficient (Wildman–Crippen LogP) is 2.60. The Morgan fingerprint density at radius 1 is 1.59 bits per heavy atom. The molecule has 1 unspecified atom stereocenters. The van der Waals surface area contributed by atoms with E-state index in [1.807, 2.05) is 6.92 Å². The van der Waals surface area contributed by atoms with E-state index in [0.717, 1.165) is 0 Å². The maximum atomic E-state index is 13.5. The molecule has 0 aliphatic heterocycles. The molecule has 0 spiro atoms. The summed E-state index contributed by atoms with van der Waals surface area (Å²) in [5.41, 5.74) is 0.0390. The zero-order valence-electron chi connectivity index (χ0n) is 9.80. The number of carbonyl (C=O) groups excluding carboxylic acids is 1. The number of rotatable bonds is 5. The van der Waals surface area contributed by atoms with Gasteiger partial charge in [0.05, 0.1) is 12.2 Å². The van der Waals surface area contributed by atoms with Crippen LogP contribution in [0, 0.1) is 11.7 Å². The van der Waals surface area contributed by atoms with Crippen molar-refractivity contribution in [1.82, 2.24) is 5.32 Å². The van der Waals surface area contributed by atoms with Crippen LogP contribution in [0.4, 0.5) is 4.39 Å². The van der Waals surface area contributed by atoms with E-state index in [-0.39, 0.29) is 11.5 Å². The van der Waals surface area contributed by atoms with E-state index in [4.69, 9.17) is 4.74 Å². The van der Waals surface area contributed by atoms with Crippen LogP contribution in [0.15, 0.2) is 22.7 Å². The van der Waals surface area contributed by atoms with Crippen molar-refractivity contribution in [2.75, 3.05) is 20.3 Å². The molecule has 0 saturated carbocycles. The summed E-state index contributed by atoms with van der Waals surface area (Å²) in [5.74, 6) is -0.760. The summed E-state index contributed by atoms with van der Waals surface area (Å²) >= 11 is 3.16. The molecule has 94 valence electrons. The topological polar surface area (TPSA) is 38.3 Å². The largest absolute Gasteiger partial charge is 0.384 e. The number of halogens is 2. The second-order valence-corrected chi connectivity index (χ2v) is 4.72. The van der Waals surface area contributed by atoms with Gasteiger partial charge in [-0.15, -0.1) is 0 Å². The zero-order valence-corrected chi connectivity index (χ0v) is 11.4. The van der Waals surface area contributed by atoms with Crippen molar-refractivity contribution < 1.29 is 13.9 Å². The van der Waals surface area contributed by atoms with Gasteiger partial charge in [0.2, 0.25) is 0 Å². The molecule has 1 N–H and O–H groups in total. The second kappa shape index (κ2) is 6.71. The molecular weight excluding hydrogens is 289 g/mol. The monoisotopic (exact) mass is 303 g/mol. The molecule has 0 radical (unpaired) electrons. The quantitative estimate of drug-likeness (QED) is 0.908. The van der Waals surface area contributed by atoms with E-state index in [9.17, 15) is 9.18 Å². The molecule has 0 saturated heterocycles. The Morgan fingerprint density at radius 3 is 2.88 bits per heavy atom. The molecule has 5 heteroatoms. The highest BCUT2D eigenvalue weighted by Gasteiger charge is 2.15.